The molecule has 102 valence electrons. The average Bonchev–Trinajstić information content (AvgIpc) is 2.42. The Kier molecular flexibility index (Phi) is 3.74. The number of piperazine rings is 1. The minimum atomic E-state index is -0.487. The molecule has 5 heteroatoms. The quantitative estimate of drug-likeness (QED) is 0.882. The lowest BCUT2D eigenvalue weighted by atomic mass is 9.94. The number of carbonyl (C=O) groups excluding carboxylic acids is 1. The summed E-state index contributed by atoms with van der Waals surface area (Å²) in [5.74, 6) is -0.127. The van der Waals surface area contributed by atoms with Gasteiger partial charge in [0.2, 0.25) is 5.91 Å². The van der Waals surface area contributed by atoms with Gasteiger partial charge in [-0.1, -0.05) is 6.07 Å². The number of carbonyl (C=O) groups is 1. The van der Waals surface area contributed by atoms with E-state index in [2.05, 4.69) is 11.4 Å². The number of hydrogen-bond acceptors (Lipinski definition) is 4. The fourth-order valence-corrected chi connectivity index (χ4v) is 2.44. The Hall–Kier alpha value is -2.37. The Morgan fingerprint density at radius 3 is 2.85 bits per heavy atom. The number of benzene rings is 1. The van der Waals surface area contributed by atoms with Crippen LogP contribution in [0.15, 0.2) is 24.3 Å². The van der Waals surface area contributed by atoms with E-state index in [1.165, 1.54) is 0 Å². The number of anilines is 1. The van der Waals surface area contributed by atoms with Crippen LogP contribution in [0.3, 0.4) is 0 Å². The predicted octanol–water partition coefficient (Wildman–Crippen LogP) is 1.56. The highest BCUT2D eigenvalue weighted by Gasteiger charge is 2.40. The predicted molar refractivity (Wildman–Crippen MR) is 74.7 cm³/mol. The summed E-state index contributed by atoms with van der Waals surface area (Å²) in [6.45, 7) is 4.51. The summed E-state index contributed by atoms with van der Waals surface area (Å²) in [5, 5.41) is 20.9. The topological polar surface area (TPSA) is 79.9 Å². The molecule has 20 heavy (non-hydrogen) atoms. The Morgan fingerprint density at radius 1 is 1.45 bits per heavy atom. The normalized spacial score (nSPS) is 21.1. The molecule has 0 aliphatic carbocycles. The van der Waals surface area contributed by atoms with Gasteiger partial charge in [0.1, 0.15) is 6.04 Å². The highest BCUT2D eigenvalue weighted by Crippen LogP contribution is 2.28. The van der Waals surface area contributed by atoms with Crippen LogP contribution in [0, 0.1) is 22.7 Å². The van der Waals surface area contributed by atoms with E-state index in [1.54, 1.807) is 23.1 Å². The van der Waals surface area contributed by atoms with E-state index in [0.29, 0.717) is 17.8 Å². The zero-order chi connectivity index (χ0) is 14.8. The smallest absolute Gasteiger partial charge is 0.245 e. The fourth-order valence-electron chi connectivity index (χ4n) is 2.44. The molecular formula is C15H16N4O. The van der Waals surface area contributed by atoms with E-state index in [1.807, 2.05) is 26.0 Å². The van der Waals surface area contributed by atoms with E-state index in [9.17, 15) is 4.79 Å². The van der Waals surface area contributed by atoms with Crippen molar-refractivity contribution >= 4 is 11.6 Å². The minimum absolute atomic E-state index is 0.127. The van der Waals surface area contributed by atoms with Gasteiger partial charge in [0.05, 0.1) is 29.7 Å². The van der Waals surface area contributed by atoms with Crippen LogP contribution in [0.2, 0.25) is 0 Å². The van der Waals surface area contributed by atoms with Gasteiger partial charge in [0.25, 0.3) is 0 Å². The molecule has 1 amide bonds. The maximum atomic E-state index is 12.6. The molecule has 1 atom stereocenters. The summed E-state index contributed by atoms with van der Waals surface area (Å²) in [6, 6.07) is 10.6. The molecule has 1 aromatic rings. The summed E-state index contributed by atoms with van der Waals surface area (Å²) in [7, 11) is 0. The molecule has 1 unspecified atom stereocenters. The summed E-state index contributed by atoms with van der Waals surface area (Å²) in [5.41, 5.74) is 0.807. The van der Waals surface area contributed by atoms with Crippen molar-refractivity contribution in [2.24, 2.45) is 0 Å². The van der Waals surface area contributed by atoms with Crippen LogP contribution in [-0.2, 0) is 4.79 Å². The second kappa shape index (κ2) is 5.32. The van der Waals surface area contributed by atoms with Gasteiger partial charge in [-0.05, 0) is 32.0 Å². The van der Waals surface area contributed by atoms with Gasteiger partial charge < -0.3 is 10.2 Å². The van der Waals surface area contributed by atoms with Crippen molar-refractivity contribution in [1.82, 2.24) is 5.32 Å². The van der Waals surface area contributed by atoms with Crippen LogP contribution < -0.4 is 10.2 Å². The highest BCUT2D eigenvalue weighted by atomic mass is 16.2. The lowest BCUT2D eigenvalue weighted by molar-refractivity contribution is -0.123. The van der Waals surface area contributed by atoms with Gasteiger partial charge in [-0.3, -0.25) is 4.79 Å². The number of rotatable bonds is 2. The van der Waals surface area contributed by atoms with E-state index in [-0.39, 0.29) is 12.3 Å². The highest BCUT2D eigenvalue weighted by molar-refractivity contribution is 5.99. The third-order valence-corrected chi connectivity index (χ3v) is 3.43. The van der Waals surface area contributed by atoms with E-state index >= 15 is 0 Å². The van der Waals surface area contributed by atoms with Crippen molar-refractivity contribution in [3.8, 4) is 12.1 Å². The molecule has 0 spiro atoms. The largest absolute Gasteiger partial charge is 0.304 e. The van der Waals surface area contributed by atoms with Crippen molar-refractivity contribution in [3.05, 3.63) is 29.8 Å². The van der Waals surface area contributed by atoms with Crippen LogP contribution in [0.5, 0.6) is 0 Å². The maximum absolute atomic E-state index is 12.6. The standard InChI is InChI=1S/C15H16N4O/c1-15(2)10-18-13(6-7-16)14(20)19(15)12-5-3-4-11(8-12)9-17/h3-5,8,13,18H,6,10H2,1-2H3. The maximum Gasteiger partial charge on any atom is 0.245 e. The van der Waals surface area contributed by atoms with Crippen LogP contribution in [-0.4, -0.2) is 24.0 Å². The van der Waals surface area contributed by atoms with Gasteiger partial charge in [0.15, 0.2) is 0 Å². The van der Waals surface area contributed by atoms with Gasteiger partial charge in [-0.2, -0.15) is 10.5 Å². The first kappa shape index (κ1) is 14.0. The Bertz CT molecular complexity index is 609. The molecule has 0 saturated carbocycles. The molecule has 1 N–H and O–H groups in total. The average molecular weight is 268 g/mol. The number of nitrogens with zero attached hydrogens (tertiary/aromatic N) is 3. The fraction of sp³-hybridized carbons (Fsp3) is 0.400. The molecule has 0 radical (unpaired) electrons. The number of amides is 1. The molecular weight excluding hydrogens is 252 g/mol. The van der Waals surface area contributed by atoms with Crippen LogP contribution in [0.4, 0.5) is 5.69 Å². The summed E-state index contributed by atoms with van der Waals surface area (Å²) < 4.78 is 0. The number of hydrogen-bond donors (Lipinski definition) is 1. The van der Waals surface area contributed by atoms with Crippen molar-refractivity contribution in [3.63, 3.8) is 0 Å². The van der Waals surface area contributed by atoms with Gasteiger partial charge in [-0.25, -0.2) is 0 Å². The van der Waals surface area contributed by atoms with Crippen LogP contribution in [0.25, 0.3) is 0 Å². The lowest BCUT2D eigenvalue weighted by Gasteiger charge is -2.45. The molecule has 1 aromatic carbocycles. The molecule has 1 saturated heterocycles. The third-order valence-electron chi connectivity index (χ3n) is 3.43. The van der Waals surface area contributed by atoms with Crippen molar-refractivity contribution in [1.29, 1.82) is 10.5 Å². The van der Waals surface area contributed by atoms with E-state index < -0.39 is 11.6 Å². The van der Waals surface area contributed by atoms with Gasteiger partial charge in [0, 0.05) is 12.2 Å². The summed E-state index contributed by atoms with van der Waals surface area (Å²) in [4.78, 5) is 14.2. The van der Waals surface area contributed by atoms with Crippen molar-refractivity contribution in [2.75, 3.05) is 11.4 Å². The Balaban J connectivity index is 2.41. The molecule has 1 fully saturated rings. The van der Waals surface area contributed by atoms with Crippen LogP contribution >= 0.6 is 0 Å². The first-order valence-electron chi connectivity index (χ1n) is 6.44. The second-order valence-electron chi connectivity index (χ2n) is 5.44. The van der Waals surface area contributed by atoms with Crippen LogP contribution in [0.1, 0.15) is 25.8 Å². The van der Waals surface area contributed by atoms with Crippen molar-refractivity contribution in [2.45, 2.75) is 31.8 Å². The Morgan fingerprint density at radius 2 is 2.20 bits per heavy atom. The van der Waals surface area contributed by atoms with Gasteiger partial charge in [-0.15, -0.1) is 0 Å². The third kappa shape index (κ3) is 2.49. The van der Waals surface area contributed by atoms with Crippen molar-refractivity contribution < 1.29 is 4.79 Å². The second-order valence-corrected chi connectivity index (χ2v) is 5.44. The summed E-state index contributed by atoms with van der Waals surface area (Å²) in [6.07, 6.45) is 0.142. The summed E-state index contributed by atoms with van der Waals surface area (Å²) >= 11 is 0. The molecule has 1 aliphatic rings. The molecule has 1 aliphatic heterocycles. The first-order valence-corrected chi connectivity index (χ1v) is 6.44. The zero-order valence-electron chi connectivity index (χ0n) is 11.6. The SMILES string of the molecule is CC1(C)CNC(CC#N)C(=O)N1c1cccc(C#N)c1. The minimum Gasteiger partial charge on any atom is -0.304 e. The molecule has 5 nitrogen and oxygen atoms in total. The lowest BCUT2D eigenvalue weighted by Crippen LogP contribution is -2.65. The molecule has 2 rings (SSSR count). The Labute approximate surface area is 118 Å². The number of nitrogens with one attached hydrogen (secondary N) is 1. The molecule has 0 aromatic heterocycles. The monoisotopic (exact) mass is 268 g/mol. The van der Waals surface area contributed by atoms with E-state index in [0.717, 1.165) is 0 Å². The number of nitriles is 2. The molecule has 1 heterocycles. The van der Waals surface area contributed by atoms with Gasteiger partial charge >= 0.3 is 0 Å². The zero-order valence-corrected chi connectivity index (χ0v) is 11.6. The first-order chi connectivity index (χ1) is 9.49. The van der Waals surface area contributed by atoms with E-state index in [4.69, 9.17) is 10.5 Å². The molecule has 0 bridgehead atoms.